The lowest BCUT2D eigenvalue weighted by molar-refractivity contribution is -0.140. The molecule has 0 fully saturated rings. The van der Waals surface area contributed by atoms with Gasteiger partial charge in [-0.25, -0.2) is 9.59 Å². The molecular formula is C36H68O4. The van der Waals surface area contributed by atoms with Crippen LogP contribution in [0.25, 0.3) is 0 Å². The lowest BCUT2D eigenvalue weighted by atomic mass is 10.0. The van der Waals surface area contributed by atoms with Crippen LogP contribution < -0.4 is 0 Å². The number of hydrogen-bond acceptors (Lipinski definition) is 4. The molecule has 0 saturated heterocycles. The smallest absolute Gasteiger partial charge is 0.331 e. The SMILES string of the molecule is CC(C)CCCCCCCCCCCCCOC(=O)/C=C/C(=O)OCCCCCCCCCCCCCC(C)C. The summed E-state index contributed by atoms with van der Waals surface area (Å²) in [7, 11) is 0. The Bertz CT molecular complexity index is 531. The van der Waals surface area contributed by atoms with Crippen LogP contribution in [0.5, 0.6) is 0 Å². The first kappa shape index (κ1) is 38.7. The Morgan fingerprint density at radius 3 is 0.875 bits per heavy atom. The second-order valence-electron chi connectivity index (χ2n) is 12.8. The van der Waals surface area contributed by atoms with E-state index in [1.807, 2.05) is 0 Å². The van der Waals surface area contributed by atoms with Crippen molar-refractivity contribution in [2.24, 2.45) is 11.8 Å². The zero-order chi connectivity index (χ0) is 29.5. The molecule has 0 aliphatic carbocycles. The summed E-state index contributed by atoms with van der Waals surface area (Å²) in [5.74, 6) is 0.774. The summed E-state index contributed by atoms with van der Waals surface area (Å²) in [6, 6.07) is 0. The second kappa shape index (κ2) is 30.6. The van der Waals surface area contributed by atoms with Gasteiger partial charge in [0.05, 0.1) is 13.2 Å². The third kappa shape index (κ3) is 32.9. The van der Waals surface area contributed by atoms with Crippen LogP contribution in [-0.2, 0) is 19.1 Å². The molecule has 4 heteroatoms. The van der Waals surface area contributed by atoms with Crippen LogP contribution in [0.4, 0.5) is 0 Å². The fourth-order valence-electron chi connectivity index (χ4n) is 5.07. The number of unbranched alkanes of at least 4 members (excludes halogenated alkanes) is 20. The van der Waals surface area contributed by atoms with Crippen molar-refractivity contribution >= 4 is 11.9 Å². The first-order chi connectivity index (χ1) is 19.4. The molecule has 0 aromatic carbocycles. The van der Waals surface area contributed by atoms with Crippen molar-refractivity contribution in [3.63, 3.8) is 0 Å². The lowest BCUT2D eigenvalue weighted by Gasteiger charge is -2.05. The van der Waals surface area contributed by atoms with Gasteiger partial charge < -0.3 is 9.47 Å². The molecule has 4 nitrogen and oxygen atoms in total. The van der Waals surface area contributed by atoms with Gasteiger partial charge in [-0.3, -0.25) is 0 Å². The van der Waals surface area contributed by atoms with E-state index in [1.54, 1.807) is 0 Å². The number of hydrogen-bond donors (Lipinski definition) is 0. The molecule has 0 saturated carbocycles. The number of carbonyl (C=O) groups excluding carboxylic acids is 2. The molecule has 0 atom stereocenters. The molecule has 0 N–H and O–H groups in total. The van der Waals surface area contributed by atoms with E-state index in [2.05, 4.69) is 27.7 Å². The summed E-state index contributed by atoms with van der Waals surface area (Å²) in [4.78, 5) is 23.6. The Balaban J connectivity index is 3.36. The average molecular weight is 565 g/mol. The van der Waals surface area contributed by atoms with Gasteiger partial charge in [0.2, 0.25) is 0 Å². The highest BCUT2D eigenvalue weighted by Crippen LogP contribution is 2.15. The minimum atomic E-state index is -0.457. The predicted octanol–water partition coefficient (Wildman–Crippen LogP) is 11.3. The molecule has 236 valence electrons. The van der Waals surface area contributed by atoms with Gasteiger partial charge in [-0.2, -0.15) is 0 Å². The van der Waals surface area contributed by atoms with E-state index < -0.39 is 11.9 Å². The molecule has 0 aliphatic rings. The lowest BCUT2D eigenvalue weighted by Crippen LogP contribution is -2.06. The molecule has 0 aliphatic heterocycles. The largest absolute Gasteiger partial charge is 0.463 e. The first-order valence-electron chi connectivity index (χ1n) is 17.4. The van der Waals surface area contributed by atoms with Gasteiger partial charge in [0.1, 0.15) is 0 Å². The van der Waals surface area contributed by atoms with Crippen molar-refractivity contribution < 1.29 is 19.1 Å². The van der Waals surface area contributed by atoms with Crippen LogP contribution in [0.2, 0.25) is 0 Å². The molecule has 0 bridgehead atoms. The highest BCUT2D eigenvalue weighted by molar-refractivity contribution is 5.91. The molecule has 0 heterocycles. The fraction of sp³-hybridized carbons (Fsp3) is 0.889. The Kier molecular flexibility index (Phi) is 29.6. The van der Waals surface area contributed by atoms with Crippen molar-refractivity contribution in [1.82, 2.24) is 0 Å². The van der Waals surface area contributed by atoms with Crippen LogP contribution in [0, 0.1) is 11.8 Å². The molecule has 0 amide bonds. The van der Waals surface area contributed by atoms with E-state index in [9.17, 15) is 9.59 Å². The maximum absolute atomic E-state index is 11.8. The van der Waals surface area contributed by atoms with Gasteiger partial charge in [-0.15, -0.1) is 0 Å². The summed E-state index contributed by atoms with van der Waals surface area (Å²) in [5, 5.41) is 0. The highest BCUT2D eigenvalue weighted by Gasteiger charge is 2.02. The summed E-state index contributed by atoms with van der Waals surface area (Å²) < 4.78 is 10.4. The third-order valence-corrected chi connectivity index (χ3v) is 7.70. The monoisotopic (exact) mass is 565 g/mol. The average Bonchev–Trinajstić information content (AvgIpc) is 2.91. The molecular weight excluding hydrogens is 496 g/mol. The van der Waals surface area contributed by atoms with E-state index in [1.165, 1.54) is 141 Å². The van der Waals surface area contributed by atoms with Crippen LogP contribution >= 0.6 is 0 Å². The molecule has 0 rings (SSSR count). The minimum absolute atomic E-state index is 0.424. The summed E-state index contributed by atoms with van der Waals surface area (Å²) in [6.45, 7) is 10.1. The van der Waals surface area contributed by atoms with Crippen LogP contribution in [0.1, 0.15) is 182 Å². The number of carbonyl (C=O) groups is 2. The quantitative estimate of drug-likeness (QED) is 0.0494. The van der Waals surface area contributed by atoms with Gasteiger partial charge >= 0.3 is 11.9 Å². The van der Waals surface area contributed by atoms with Crippen molar-refractivity contribution in [3.8, 4) is 0 Å². The maximum Gasteiger partial charge on any atom is 0.331 e. The Hall–Kier alpha value is -1.32. The predicted molar refractivity (Wildman–Crippen MR) is 172 cm³/mol. The molecule has 0 aromatic rings. The van der Waals surface area contributed by atoms with Gasteiger partial charge in [0.25, 0.3) is 0 Å². The minimum Gasteiger partial charge on any atom is -0.463 e. The van der Waals surface area contributed by atoms with Gasteiger partial charge in [0, 0.05) is 12.2 Å². The van der Waals surface area contributed by atoms with E-state index in [0.29, 0.717) is 13.2 Å². The summed E-state index contributed by atoms with van der Waals surface area (Å²) in [5.41, 5.74) is 0. The van der Waals surface area contributed by atoms with Gasteiger partial charge in [-0.1, -0.05) is 169 Å². The van der Waals surface area contributed by atoms with Crippen LogP contribution in [-0.4, -0.2) is 25.2 Å². The maximum atomic E-state index is 11.8. The van der Waals surface area contributed by atoms with E-state index in [-0.39, 0.29) is 0 Å². The van der Waals surface area contributed by atoms with E-state index in [0.717, 1.165) is 37.5 Å². The molecule has 0 spiro atoms. The highest BCUT2D eigenvalue weighted by atomic mass is 16.5. The van der Waals surface area contributed by atoms with Gasteiger partial charge in [0.15, 0.2) is 0 Å². The van der Waals surface area contributed by atoms with E-state index >= 15 is 0 Å². The Morgan fingerprint density at radius 2 is 0.625 bits per heavy atom. The summed E-state index contributed by atoms with van der Waals surface area (Å²) in [6.07, 6.45) is 33.2. The second-order valence-corrected chi connectivity index (χ2v) is 12.8. The van der Waals surface area contributed by atoms with Crippen LogP contribution in [0.15, 0.2) is 12.2 Å². The Morgan fingerprint density at radius 1 is 0.400 bits per heavy atom. The van der Waals surface area contributed by atoms with Crippen LogP contribution in [0.3, 0.4) is 0 Å². The number of rotatable bonds is 30. The Labute approximate surface area is 249 Å². The summed E-state index contributed by atoms with van der Waals surface area (Å²) >= 11 is 0. The van der Waals surface area contributed by atoms with Crippen molar-refractivity contribution in [2.45, 2.75) is 182 Å². The molecule has 40 heavy (non-hydrogen) atoms. The normalized spacial score (nSPS) is 11.7. The zero-order valence-electron chi connectivity index (χ0n) is 27.3. The van der Waals surface area contributed by atoms with E-state index in [4.69, 9.17) is 9.47 Å². The molecule has 0 radical (unpaired) electrons. The van der Waals surface area contributed by atoms with Crippen molar-refractivity contribution in [3.05, 3.63) is 12.2 Å². The third-order valence-electron chi connectivity index (χ3n) is 7.70. The topological polar surface area (TPSA) is 52.6 Å². The van der Waals surface area contributed by atoms with Crippen molar-refractivity contribution in [2.75, 3.05) is 13.2 Å². The molecule has 0 unspecified atom stereocenters. The van der Waals surface area contributed by atoms with Gasteiger partial charge in [-0.05, 0) is 24.7 Å². The first-order valence-corrected chi connectivity index (χ1v) is 17.4. The van der Waals surface area contributed by atoms with Crippen molar-refractivity contribution in [1.29, 1.82) is 0 Å². The molecule has 0 aromatic heterocycles. The number of esters is 2. The standard InChI is InChI=1S/C36H68O4/c1-33(2)27-23-19-15-11-7-5-9-13-17-21-25-31-39-35(37)29-30-36(38)40-32-26-22-18-14-10-6-8-12-16-20-24-28-34(3)4/h29-30,33-34H,5-28,31-32H2,1-4H3/b30-29+. The zero-order valence-corrected chi connectivity index (χ0v) is 27.3. The fourth-order valence-corrected chi connectivity index (χ4v) is 5.07. The number of ether oxygens (including phenoxy) is 2.